The smallest absolute Gasteiger partial charge is 0.336 e. The average molecular weight is 355 g/mol. The van der Waals surface area contributed by atoms with Gasteiger partial charge < -0.3 is 15.2 Å². The zero-order chi connectivity index (χ0) is 19.4. The summed E-state index contributed by atoms with van der Waals surface area (Å²) in [7, 11) is 0. The van der Waals surface area contributed by atoms with E-state index < -0.39 is 18.0 Å². The van der Waals surface area contributed by atoms with E-state index in [1.54, 1.807) is 51.1 Å². The first-order valence-electron chi connectivity index (χ1n) is 8.12. The van der Waals surface area contributed by atoms with Crippen LogP contribution in [0.15, 0.2) is 36.4 Å². The number of hydrogen-bond acceptors (Lipinski definition) is 4. The van der Waals surface area contributed by atoms with Gasteiger partial charge in [0.15, 0.2) is 11.9 Å². The average Bonchev–Trinajstić information content (AvgIpc) is 2.56. The van der Waals surface area contributed by atoms with Crippen LogP contribution in [0.3, 0.4) is 0 Å². The van der Waals surface area contributed by atoms with Crippen molar-refractivity contribution in [3.63, 3.8) is 0 Å². The van der Waals surface area contributed by atoms with Gasteiger partial charge in [-0.3, -0.25) is 9.59 Å². The molecule has 2 N–H and O–H groups in total. The Hall–Kier alpha value is -3.15. The van der Waals surface area contributed by atoms with Crippen LogP contribution < -0.4 is 10.1 Å². The first-order chi connectivity index (χ1) is 12.2. The van der Waals surface area contributed by atoms with E-state index in [-0.39, 0.29) is 11.3 Å². The van der Waals surface area contributed by atoms with Gasteiger partial charge >= 0.3 is 5.97 Å². The fourth-order valence-electron chi connectivity index (χ4n) is 2.50. The van der Waals surface area contributed by atoms with E-state index in [2.05, 4.69) is 5.32 Å². The van der Waals surface area contributed by atoms with E-state index in [0.717, 1.165) is 5.56 Å². The molecule has 26 heavy (non-hydrogen) atoms. The number of ether oxygens (including phenoxy) is 1. The lowest BCUT2D eigenvalue weighted by Crippen LogP contribution is -2.30. The van der Waals surface area contributed by atoms with Crippen LogP contribution >= 0.6 is 0 Å². The molecule has 0 radical (unpaired) electrons. The Morgan fingerprint density at radius 1 is 1.08 bits per heavy atom. The van der Waals surface area contributed by atoms with Crippen molar-refractivity contribution in [2.45, 2.75) is 33.8 Å². The van der Waals surface area contributed by atoms with Crippen LogP contribution in [0.5, 0.6) is 5.75 Å². The van der Waals surface area contributed by atoms with Gasteiger partial charge in [-0.2, -0.15) is 0 Å². The Balaban J connectivity index is 2.15. The highest BCUT2D eigenvalue weighted by Crippen LogP contribution is 2.22. The Labute approximate surface area is 151 Å². The number of carboxylic acid groups (broad SMARTS) is 1. The number of carbonyl (C=O) groups is 3. The largest absolute Gasteiger partial charge is 0.481 e. The summed E-state index contributed by atoms with van der Waals surface area (Å²) in [5.74, 6) is -1.15. The molecular formula is C20H21NO5. The minimum Gasteiger partial charge on any atom is -0.481 e. The molecule has 0 fully saturated rings. The van der Waals surface area contributed by atoms with E-state index in [1.807, 2.05) is 0 Å². The standard InChI is InChI=1S/C20H21NO5/c1-11-8-12(2)18(10-17(11)20(24)25)21-19(23)14(4)26-16-7-5-6-15(9-16)13(3)22/h5-10,14H,1-4H3,(H,21,23)(H,24,25). The van der Waals surface area contributed by atoms with Crippen LogP contribution in [-0.4, -0.2) is 28.9 Å². The summed E-state index contributed by atoms with van der Waals surface area (Å²) in [5.41, 5.74) is 2.43. The third kappa shape index (κ3) is 4.47. The highest BCUT2D eigenvalue weighted by atomic mass is 16.5. The van der Waals surface area contributed by atoms with Crippen LogP contribution in [0.1, 0.15) is 45.7 Å². The summed E-state index contributed by atoms with van der Waals surface area (Å²) in [6.45, 7) is 6.53. The minimum absolute atomic E-state index is 0.0935. The van der Waals surface area contributed by atoms with Gasteiger partial charge in [0.05, 0.1) is 5.56 Å². The lowest BCUT2D eigenvalue weighted by Gasteiger charge is -2.17. The van der Waals surface area contributed by atoms with Crippen LogP contribution in [0.25, 0.3) is 0 Å². The van der Waals surface area contributed by atoms with Crippen molar-refractivity contribution in [1.82, 2.24) is 0 Å². The van der Waals surface area contributed by atoms with E-state index >= 15 is 0 Å². The first-order valence-corrected chi connectivity index (χ1v) is 8.12. The van der Waals surface area contributed by atoms with E-state index in [4.69, 9.17) is 4.74 Å². The third-order valence-electron chi connectivity index (χ3n) is 3.98. The molecule has 2 aromatic rings. The van der Waals surface area contributed by atoms with Crippen molar-refractivity contribution in [3.8, 4) is 5.75 Å². The molecule has 0 aliphatic carbocycles. The fraction of sp³-hybridized carbons (Fsp3) is 0.250. The SMILES string of the molecule is CC(=O)c1cccc(OC(C)C(=O)Nc2cc(C(=O)O)c(C)cc2C)c1. The topological polar surface area (TPSA) is 92.7 Å². The van der Waals surface area contributed by atoms with Gasteiger partial charge in [-0.05, 0) is 57.0 Å². The molecule has 6 heteroatoms. The minimum atomic E-state index is -1.05. The zero-order valence-electron chi connectivity index (χ0n) is 15.1. The number of aryl methyl sites for hydroxylation is 2. The van der Waals surface area contributed by atoms with Crippen molar-refractivity contribution < 1.29 is 24.2 Å². The summed E-state index contributed by atoms with van der Waals surface area (Å²) < 4.78 is 5.60. The van der Waals surface area contributed by atoms with Crippen molar-refractivity contribution >= 4 is 23.3 Å². The van der Waals surface area contributed by atoms with Gasteiger partial charge in [-0.15, -0.1) is 0 Å². The van der Waals surface area contributed by atoms with Gasteiger partial charge in [0, 0.05) is 11.3 Å². The summed E-state index contributed by atoms with van der Waals surface area (Å²) >= 11 is 0. The van der Waals surface area contributed by atoms with Gasteiger partial charge in [0.1, 0.15) is 5.75 Å². The second-order valence-corrected chi connectivity index (χ2v) is 6.12. The number of carbonyl (C=O) groups excluding carboxylic acids is 2. The fourth-order valence-corrected chi connectivity index (χ4v) is 2.50. The number of benzene rings is 2. The van der Waals surface area contributed by atoms with Gasteiger partial charge in [-0.25, -0.2) is 4.79 Å². The number of amides is 1. The molecule has 0 spiro atoms. The predicted molar refractivity (Wildman–Crippen MR) is 98.0 cm³/mol. The molecule has 0 aromatic heterocycles. The number of Topliss-reactive ketones (excluding diaryl/α,β-unsaturated/α-hetero) is 1. The molecule has 6 nitrogen and oxygen atoms in total. The number of carboxylic acids is 1. The lowest BCUT2D eigenvalue weighted by molar-refractivity contribution is -0.122. The molecule has 0 saturated heterocycles. The molecule has 0 aliphatic rings. The Morgan fingerprint density at radius 3 is 2.38 bits per heavy atom. The Bertz CT molecular complexity index is 873. The molecule has 0 heterocycles. The maximum absolute atomic E-state index is 12.4. The molecule has 0 saturated carbocycles. The molecule has 0 aliphatic heterocycles. The zero-order valence-corrected chi connectivity index (χ0v) is 15.1. The number of anilines is 1. The molecule has 136 valence electrons. The maximum atomic E-state index is 12.4. The molecule has 1 amide bonds. The summed E-state index contributed by atoms with van der Waals surface area (Å²) in [6.07, 6.45) is -0.828. The third-order valence-corrected chi connectivity index (χ3v) is 3.98. The molecule has 2 aromatic carbocycles. The summed E-state index contributed by atoms with van der Waals surface area (Å²) in [5, 5.41) is 11.9. The van der Waals surface area contributed by atoms with Crippen molar-refractivity contribution in [1.29, 1.82) is 0 Å². The number of aromatic carboxylic acids is 1. The second kappa shape index (κ2) is 7.82. The van der Waals surface area contributed by atoms with Crippen LogP contribution in [0.4, 0.5) is 5.69 Å². The number of ketones is 1. The van der Waals surface area contributed by atoms with Crippen LogP contribution in [0.2, 0.25) is 0 Å². The van der Waals surface area contributed by atoms with Crippen LogP contribution in [-0.2, 0) is 4.79 Å². The maximum Gasteiger partial charge on any atom is 0.336 e. The van der Waals surface area contributed by atoms with E-state index in [9.17, 15) is 19.5 Å². The van der Waals surface area contributed by atoms with Crippen molar-refractivity contribution in [2.24, 2.45) is 0 Å². The van der Waals surface area contributed by atoms with Crippen LogP contribution in [0, 0.1) is 13.8 Å². The molecular weight excluding hydrogens is 334 g/mol. The monoisotopic (exact) mass is 355 g/mol. The van der Waals surface area contributed by atoms with Gasteiger partial charge in [0.25, 0.3) is 5.91 Å². The van der Waals surface area contributed by atoms with Gasteiger partial charge in [0.2, 0.25) is 0 Å². The summed E-state index contributed by atoms with van der Waals surface area (Å²) in [6, 6.07) is 9.74. The molecule has 1 unspecified atom stereocenters. The molecule has 0 bridgehead atoms. The summed E-state index contributed by atoms with van der Waals surface area (Å²) in [4.78, 5) is 35.1. The Morgan fingerprint density at radius 2 is 1.77 bits per heavy atom. The number of rotatable bonds is 6. The molecule has 2 rings (SSSR count). The number of hydrogen-bond donors (Lipinski definition) is 2. The molecule has 1 atom stereocenters. The van der Waals surface area contributed by atoms with Gasteiger partial charge in [-0.1, -0.05) is 18.2 Å². The van der Waals surface area contributed by atoms with E-state index in [1.165, 1.54) is 13.0 Å². The highest BCUT2D eigenvalue weighted by molar-refractivity contribution is 5.97. The highest BCUT2D eigenvalue weighted by Gasteiger charge is 2.18. The lowest BCUT2D eigenvalue weighted by atomic mass is 10.0. The first kappa shape index (κ1) is 19.2. The normalized spacial score (nSPS) is 11.5. The van der Waals surface area contributed by atoms with Crippen molar-refractivity contribution in [2.75, 3.05) is 5.32 Å². The van der Waals surface area contributed by atoms with E-state index in [0.29, 0.717) is 22.6 Å². The van der Waals surface area contributed by atoms with Crippen molar-refractivity contribution in [3.05, 3.63) is 58.7 Å². The second-order valence-electron chi connectivity index (χ2n) is 6.12. The Kier molecular flexibility index (Phi) is 5.77. The quantitative estimate of drug-likeness (QED) is 0.772. The number of nitrogens with one attached hydrogen (secondary N) is 1. The predicted octanol–water partition coefficient (Wildman–Crippen LogP) is 3.61.